The van der Waals surface area contributed by atoms with Crippen LogP contribution in [0.3, 0.4) is 0 Å². The first-order chi connectivity index (χ1) is 11.5. The first-order valence-electron chi connectivity index (χ1n) is 7.69. The van der Waals surface area contributed by atoms with Crippen LogP contribution in [0.15, 0.2) is 72.8 Å². The standard InChI is InChI=1S/C20H20O4/c21-18(22)12-7-13-20(19(23)24,14-16-8-3-1-4-9-16)15-17-10-5-2-6-11-17/h1-11,13H,12,14-15H2,(H,21,22)(H,23,24)/p-2/b13-7+. The lowest BCUT2D eigenvalue weighted by molar-refractivity contribution is -0.316. The Morgan fingerprint density at radius 1 is 0.833 bits per heavy atom. The van der Waals surface area contributed by atoms with Crippen LogP contribution in [0, 0.1) is 5.41 Å². The highest BCUT2D eigenvalue weighted by molar-refractivity contribution is 5.76. The third-order valence-corrected chi connectivity index (χ3v) is 3.85. The Morgan fingerprint density at radius 3 is 1.67 bits per heavy atom. The van der Waals surface area contributed by atoms with Gasteiger partial charge in [0.15, 0.2) is 0 Å². The van der Waals surface area contributed by atoms with Crippen molar-refractivity contribution in [3.05, 3.63) is 83.9 Å². The summed E-state index contributed by atoms with van der Waals surface area (Å²) in [5.74, 6) is -2.48. The number of benzene rings is 2. The Bertz CT molecular complexity index is 663. The van der Waals surface area contributed by atoms with Crippen molar-refractivity contribution in [1.82, 2.24) is 0 Å². The fourth-order valence-corrected chi connectivity index (χ4v) is 2.69. The molecule has 0 bridgehead atoms. The summed E-state index contributed by atoms with van der Waals surface area (Å²) in [6.07, 6.45) is 2.86. The molecule has 0 fully saturated rings. The molecule has 124 valence electrons. The van der Waals surface area contributed by atoms with Gasteiger partial charge in [0, 0.05) is 17.8 Å². The molecule has 0 saturated heterocycles. The third-order valence-electron chi connectivity index (χ3n) is 3.85. The van der Waals surface area contributed by atoms with Gasteiger partial charge in [0.25, 0.3) is 0 Å². The molecule has 0 aliphatic heterocycles. The van der Waals surface area contributed by atoms with Crippen LogP contribution in [0.25, 0.3) is 0 Å². The Labute approximate surface area is 141 Å². The molecular formula is C20H18O4-2. The molecular weight excluding hydrogens is 304 g/mol. The molecule has 0 atom stereocenters. The Morgan fingerprint density at radius 2 is 1.29 bits per heavy atom. The number of carbonyl (C=O) groups is 2. The van der Waals surface area contributed by atoms with Gasteiger partial charge in [-0.05, 0) is 24.0 Å². The zero-order valence-corrected chi connectivity index (χ0v) is 13.2. The van der Waals surface area contributed by atoms with E-state index in [9.17, 15) is 19.8 Å². The molecule has 0 saturated carbocycles. The fourth-order valence-electron chi connectivity index (χ4n) is 2.69. The largest absolute Gasteiger partial charge is 0.550 e. The van der Waals surface area contributed by atoms with E-state index in [0.29, 0.717) is 0 Å². The van der Waals surface area contributed by atoms with Crippen molar-refractivity contribution < 1.29 is 19.8 Å². The van der Waals surface area contributed by atoms with Crippen LogP contribution in [0.1, 0.15) is 17.5 Å². The quantitative estimate of drug-likeness (QED) is 0.676. The van der Waals surface area contributed by atoms with E-state index < -0.39 is 17.4 Å². The van der Waals surface area contributed by atoms with Gasteiger partial charge < -0.3 is 19.8 Å². The summed E-state index contributed by atoms with van der Waals surface area (Å²) >= 11 is 0. The average molecular weight is 322 g/mol. The average Bonchev–Trinajstić information content (AvgIpc) is 2.56. The first-order valence-corrected chi connectivity index (χ1v) is 7.69. The topological polar surface area (TPSA) is 80.3 Å². The summed E-state index contributed by atoms with van der Waals surface area (Å²) in [7, 11) is 0. The van der Waals surface area contributed by atoms with Crippen LogP contribution in [0.4, 0.5) is 0 Å². The molecule has 0 spiro atoms. The molecule has 0 aliphatic rings. The molecule has 2 aromatic carbocycles. The van der Waals surface area contributed by atoms with Gasteiger partial charge in [-0.2, -0.15) is 0 Å². The normalized spacial score (nSPS) is 11.5. The lowest BCUT2D eigenvalue weighted by Gasteiger charge is -2.32. The Balaban J connectivity index is 2.37. The van der Waals surface area contributed by atoms with Crippen LogP contribution < -0.4 is 10.2 Å². The van der Waals surface area contributed by atoms with E-state index in [4.69, 9.17) is 0 Å². The predicted octanol–water partition coefficient (Wildman–Crippen LogP) is 0.904. The van der Waals surface area contributed by atoms with E-state index in [1.807, 2.05) is 60.7 Å². The highest BCUT2D eigenvalue weighted by atomic mass is 16.4. The minimum Gasteiger partial charge on any atom is -0.550 e. The van der Waals surface area contributed by atoms with Crippen molar-refractivity contribution in [3.8, 4) is 0 Å². The summed E-state index contributed by atoms with van der Waals surface area (Å²) in [6, 6.07) is 18.4. The van der Waals surface area contributed by atoms with Gasteiger partial charge in [-0.25, -0.2) is 0 Å². The Kier molecular flexibility index (Phi) is 5.90. The second-order valence-corrected chi connectivity index (χ2v) is 5.75. The second-order valence-electron chi connectivity index (χ2n) is 5.75. The van der Waals surface area contributed by atoms with Crippen LogP contribution >= 0.6 is 0 Å². The summed E-state index contributed by atoms with van der Waals surface area (Å²) < 4.78 is 0. The zero-order valence-electron chi connectivity index (χ0n) is 13.2. The van der Waals surface area contributed by atoms with Crippen molar-refractivity contribution in [1.29, 1.82) is 0 Å². The van der Waals surface area contributed by atoms with Crippen LogP contribution in [-0.4, -0.2) is 11.9 Å². The first kappa shape index (κ1) is 17.5. The lowest BCUT2D eigenvalue weighted by Crippen LogP contribution is -2.44. The van der Waals surface area contributed by atoms with Crippen molar-refractivity contribution in [2.75, 3.05) is 0 Å². The van der Waals surface area contributed by atoms with E-state index >= 15 is 0 Å². The van der Waals surface area contributed by atoms with Crippen molar-refractivity contribution in [2.24, 2.45) is 5.41 Å². The zero-order chi connectivity index (χ0) is 17.4. The van der Waals surface area contributed by atoms with E-state index in [0.717, 1.165) is 11.1 Å². The molecule has 0 radical (unpaired) electrons. The van der Waals surface area contributed by atoms with E-state index in [1.165, 1.54) is 12.2 Å². The van der Waals surface area contributed by atoms with Gasteiger partial charge in [0.1, 0.15) is 0 Å². The molecule has 2 rings (SSSR count). The highest BCUT2D eigenvalue weighted by Crippen LogP contribution is 2.30. The maximum Gasteiger partial charge on any atom is 0.0520 e. The molecule has 24 heavy (non-hydrogen) atoms. The number of hydrogen-bond donors (Lipinski definition) is 0. The number of carboxylic acid groups (broad SMARTS) is 2. The van der Waals surface area contributed by atoms with Gasteiger partial charge in [-0.1, -0.05) is 72.8 Å². The molecule has 0 amide bonds. The van der Waals surface area contributed by atoms with Gasteiger partial charge in [-0.3, -0.25) is 0 Å². The smallest absolute Gasteiger partial charge is 0.0520 e. The molecule has 0 aliphatic carbocycles. The molecule has 0 N–H and O–H groups in total. The van der Waals surface area contributed by atoms with Crippen molar-refractivity contribution in [2.45, 2.75) is 19.3 Å². The summed E-state index contributed by atoms with van der Waals surface area (Å²) in [5.41, 5.74) is 0.365. The maximum atomic E-state index is 12.0. The maximum absolute atomic E-state index is 12.0. The van der Waals surface area contributed by atoms with Gasteiger partial charge in [-0.15, -0.1) is 0 Å². The molecule has 4 nitrogen and oxygen atoms in total. The molecule has 2 aromatic rings. The van der Waals surface area contributed by atoms with Crippen LogP contribution in [-0.2, 0) is 22.4 Å². The van der Waals surface area contributed by atoms with Gasteiger partial charge in [0.2, 0.25) is 0 Å². The monoisotopic (exact) mass is 322 g/mol. The minimum atomic E-state index is -1.32. The SMILES string of the molecule is O=C([O-])C/C=C/C(Cc1ccccc1)(Cc1ccccc1)C(=O)[O-]. The second kappa shape index (κ2) is 8.11. The van der Waals surface area contributed by atoms with Crippen molar-refractivity contribution >= 4 is 11.9 Å². The van der Waals surface area contributed by atoms with Crippen LogP contribution in [0.2, 0.25) is 0 Å². The van der Waals surface area contributed by atoms with E-state index in [1.54, 1.807) is 0 Å². The number of rotatable bonds is 8. The number of carbonyl (C=O) groups excluding carboxylic acids is 2. The molecule has 0 unspecified atom stereocenters. The predicted molar refractivity (Wildman–Crippen MR) is 86.5 cm³/mol. The minimum absolute atomic E-state index is 0.217. The summed E-state index contributed by atoms with van der Waals surface area (Å²) in [4.78, 5) is 22.6. The van der Waals surface area contributed by atoms with Gasteiger partial charge in [0.05, 0.1) is 5.97 Å². The lowest BCUT2D eigenvalue weighted by atomic mass is 9.76. The summed E-state index contributed by atoms with van der Waals surface area (Å²) in [6.45, 7) is 0. The molecule has 0 aromatic heterocycles. The third kappa shape index (κ3) is 4.81. The van der Waals surface area contributed by atoms with Crippen molar-refractivity contribution in [3.63, 3.8) is 0 Å². The van der Waals surface area contributed by atoms with Crippen LogP contribution in [0.5, 0.6) is 0 Å². The fraction of sp³-hybridized carbons (Fsp3) is 0.200. The highest BCUT2D eigenvalue weighted by Gasteiger charge is 2.29. The number of hydrogen-bond acceptors (Lipinski definition) is 4. The number of aliphatic carboxylic acids is 2. The van der Waals surface area contributed by atoms with E-state index in [-0.39, 0.29) is 19.3 Å². The van der Waals surface area contributed by atoms with E-state index in [2.05, 4.69) is 0 Å². The molecule has 0 heterocycles. The summed E-state index contributed by atoms with van der Waals surface area (Å²) in [5, 5.41) is 22.6. The molecule has 4 heteroatoms. The number of carboxylic acids is 2. The Hall–Kier alpha value is -2.88. The van der Waals surface area contributed by atoms with Gasteiger partial charge >= 0.3 is 0 Å².